The molecule has 5 N–H and O–H groups in total. The topological polar surface area (TPSA) is 223 Å². The number of hydrogen-bond acceptors (Lipinski definition) is 17. The molecule has 6 aliphatic heterocycles. The number of hydrogen-bond donors (Lipinski definition) is 4. The summed E-state index contributed by atoms with van der Waals surface area (Å²) in [4.78, 5) is 61.3. The zero-order valence-corrected chi connectivity index (χ0v) is 48.5. The number of aliphatic hydroxyl groups is 1. The number of nitrogen functional groups attached to an aromatic ring is 1. The van der Waals surface area contributed by atoms with Crippen LogP contribution in [-0.2, 0) is 19.1 Å². The number of nitrogens with two attached hydrogens (primary N) is 1. The number of aromatic hydroxyl groups is 1. The van der Waals surface area contributed by atoms with Gasteiger partial charge in [-0.3, -0.25) is 14.4 Å². The number of nitrogens with zero attached hydrogens (tertiary/aromatic N) is 10. The average molecular weight is 1140 g/mol. The van der Waals surface area contributed by atoms with Gasteiger partial charge in [0.15, 0.2) is 17.4 Å². The molecule has 82 heavy (non-hydrogen) atoms. The number of aromatic nitrogens is 4. The Balaban J connectivity index is 0.546. The fourth-order valence-electron chi connectivity index (χ4n) is 14.3. The van der Waals surface area contributed by atoms with Crippen LogP contribution in [0.5, 0.6) is 5.75 Å². The molecule has 3 aromatic heterocycles. The Labute approximate surface area is 484 Å². The Hall–Kier alpha value is -6.45. The number of thiazole rings is 1. The summed E-state index contributed by atoms with van der Waals surface area (Å²) in [5.74, 6) is 1.24. The fraction of sp³-hybridized carbons (Fsp3) is 0.565. The highest BCUT2D eigenvalue weighted by atomic mass is 32.1. The molecule has 19 nitrogen and oxygen atoms in total. The maximum Gasteiger partial charge on any atom is 0.247 e. The normalized spacial score (nSPS) is 25.4. The molecule has 5 aromatic rings. The van der Waals surface area contributed by atoms with E-state index in [1.54, 1.807) is 23.5 Å². The molecule has 1 aliphatic carbocycles. The maximum atomic E-state index is 14.4. The highest BCUT2D eigenvalue weighted by molar-refractivity contribution is 7.13. The number of benzene rings is 2. The monoisotopic (exact) mass is 1140 g/mol. The number of fused-ring (bicyclic) bond motifs is 2. The van der Waals surface area contributed by atoms with E-state index < -0.39 is 18.1 Å². The minimum absolute atomic E-state index is 0.0570. The Morgan fingerprint density at radius 3 is 2.24 bits per heavy atom. The summed E-state index contributed by atoms with van der Waals surface area (Å²) in [6.45, 7) is 18.4. The molecule has 0 radical (unpaired) electrons. The van der Waals surface area contributed by atoms with E-state index in [1.807, 2.05) is 74.8 Å². The number of anilines is 3. The van der Waals surface area contributed by atoms with Crippen LogP contribution in [0.25, 0.3) is 27.4 Å². The number of rotatable bonds is 16. The molecule has 1 saturated carbocycles. The van der Waals surface area contributed by atoms with Crippen molar-refractivity contribution in [3.05, 3.63) is 89.8 Å². The van der Waals surface area contributed by atoms with Crippen LogP contribution in [0.4, 0.5) is 17.3 Å². The van der Waals surface area contributed by atoms with Crippen molar-refractivity contribution in [1.29, 1.82) is 0 Å². The third-order valence-corrected chi connectivity index (χ3v) is 20.0. The number of nitrogens with one attached hydrogen (secondary N) is 1. The summed E-state index contributed by atoms with van der Waals surface area (Å²) in [5, 5.41) is 37.2. The SMILES string of the molecule is C=C(NC(=O)[C@@H]1C[C@@H](O)CN1C(=O)[C@@H](c1cc(N2CCC(CN3CCC(OC4CC(N5CCC(C(=O)N6C7CCC6CN(c6cc(-c8ccccc8O)nnc6N)C7)CC5)C4)CC3)CC2)no1)C(C)C)c1ccc(-c2scnc2C)cc1. The van der Waals surface area contributed by atoms with Crippen LogP contribution in [0.2, 0.25) is 0 Å². The second kappa shape index (κ2) is 24.0. The summed E-state index contributed by atoms with van der Waals surface area (Å²) in [7, 11) is 0. The van der Waals surface area contributed by atoms with Gasteiger partial charge in [-0.25, -0.2) is 4.98 Å². The third kappa shape index (κ3) is 11.7. The van der Waals surface area contributed by atoms with E-state index in [0.717, 1.165) is 143 Å². The van der Waals surface area contributed by atoms with E-state index in [1.165, 1.54) is 4.90 Å². The van der Waals surface area contributed by atoms with Gasteiger partial charge in [0, 0.05) is 100 Å². The maximum absolute atomic E-state index is 14.4. The Morgan fingerprint density at radius 1 is 0.841 bits per heavy atom. The van der Waals surface area contributed by atoms with E-state index in [4.69, 9.17) is 15.0 Å². The Bertz CT molecular complexity index is 3070. The van der Waals surface area contributed by atoms with Crippen molar-refractivity contribution in [3.8, 4) is 27.4 Å². The van der Waals surface area contributed by atoms with Gasteiger partial charge in [-0.1, -0.05) is 62.0 Å². The number of carbonyl (C=O) groups is 3. The first-order chi connectivity index (χ1) is 39.7. The zero-order chi connectivity index (χ0) is 56.8. The van der Waals surface area contributed by atoms with Gasteiger partial charge in [0.1, 0.15) is 17.7 Å². The number of phenolic OH excluding ortho intramolecular Hbond substituents is 1. The largest absolute Gasteiger partial charge is 0.507 e. The number of para-hydroxylation sites is 1. The molecule has 20 heteroatoms. The van der Waals surface area contributed by atoms with E-state index in [-0.39, 0.29) is 54.4 Å². The predicted molar refractivity (Wildman–Crippen MR) is 316 cm³/mol. The number of ether oxygens (including phenoxy) is 1. The molecule has 7 fully saturated rings. The number of β-amino-alcohol motifs (C(OH)–C–C–N with tert-alkyl or cyclic N) is 1. The number of piperazine rings is 1. The number of amides is 3. The van der Waals surface area contributed by atoms with Crippen LogP contribution in [0.3, 0.4) is 0 Å². The molecular weight excluding hydrogens is 1060 g/mol. The van der Waals surface area contributed by atoms with E-state index >= 15 is 0 Å². The zero-order valence-electron chi connectivity index (χ0n) is 47.7. The highest BCUT2D eigenvalue weighted by Gasteiger charge is 2.47. The molecule has 0 spiro atoms. The van der Waals surface area contributed by atoms with Crippen LogP contribution in [0, 0.1) is 24.7 Å². The minimum Gasteiger partial charge on any atom is -0.507 e. The lowest BCUT2D eigenvalue weighted by molar-refractivity contribution is -0.142. The van der Waals surface area contributed by atoms with Gasteiger partial charge >= 0.3 is 0 Å². The van der Waals surface area contributed by atoms with Crippen molar-refractivity contribution in [2.45, 2.75) is 140 Å². The number of likely N-dealkylation sites (tertiary alicyclic amines) is 3. The molecule has 3 amide bonds. The second-order valence-corrected chi connectivity index (χ2v) is 25.5. The Kier molecular flexibility index (Phi) is 16.4. The van der Waals surface area contributed by atoms with Crippen LogP contribution in [0.1, 0.15) is 107 Å². The van der Waals surface area contributed by atoms with Gasteiger partial charge in [0.25, 0.3) is 0 Å². The van der Waals surface area contributed by atoms with Gasteiger partial charge < -0.3 is 59.9 Å². The van der Waals surface area contributed by atoms with Crippen molar-refractivity contribution < 1.29 is 33.9 Å². The number of aliphatic hydroxyl groups excluding tert-OH is 1. The standard InChI is InChI=1S/C62H80N12O7S/c1-37(2)57(62(79)73-35-47(75)29-53(73)60(77)65-38(3)41-9-11-42(12-10-41)58-39(4)64-36-82-58)55-31-56(68-81-55)71-23-15-40(16-24-71)32-69-21-19-48(20-22-69)80-49-27-46(28-49)70-25-17-43(18-26-70)61(78)74-44-13-14-45(74)34-72(33-44)52-30-51(66-67-59(52)63)50-7-5-6-8-54(50)76/h5-12,30-31,36-37,40,43-49,53,57,75-76H,3,13-29,32-35H2,1-2,4H3,(H2,63,67)(H,65,77)/t44?,45?,46?,47-,49?,53+,57-/m1/s1. The number of piperidine rings is 3. The fourth-order valence-corrected chi connectivity index (χ4v) is 15.1. The summed E-state index contributed by atoms with van der Waals surface area (Å²) < 4.78 is 12.7. The molecule has 2 unspecified atom stereocenters. The number of phenols is 1. The lowest BCUT2D eigenvalue weighted by Crippen LogP contribution is -2.58. The first-order valence-corrected chi connectivity index (χ1v) is 30.9. The smallest absolute Gasteiger partial charge is 0.247 e. The second-order valence-electron chi connectivity index (χ2n) is 24.7. The average Bonchev–Trinajstić information content (AvgIpc) is 4.40. The molecule has 7 aliphatic rings. The quantitative estimate of drug-likeness (QED) is 0.0770. The minimum atomic E-state index is -0.859. The van der Waals surface area contributed by atoms with Crippen molar-refractivity contribution >= 4 is 52.1 Å². The Morgan fingerprint density at radius 2 is 1.56 bits per heavy atom. The van der Waals surface area contributed by atoms with Crippen LogP contribution in [0.15, 0.2) is 77.3 Å². The van der Waals surface area contributed by atoms with Gasteiger partial charge in [0.2, 0.25) is 17.7 Å². The van der Waals surface area contributed by atoms with Crippen LogP contribution in [-0.4, -0.2) is 176 Å². The van der Waals surface area contributed by atoms with E-state index in [2.05, 4.69) is 56.7 Å². The molecule has 12 rings (SSSR count). The number of carbonyl (C=O) groups excluding carboxylic acids is 3. The summed E-state index contributed by atoms with van der Waals surface area (Å²) in [6.07, 6.45) is 10.1. The third-order valence-electron chi connectivity index (χ3n) is 19.0. The van der Waals surface area contributed by atoms with Gasteiger partial charge in [-0.15, -0.1) is 21.5 Å². The molecule has 9 heterocycles. The summed E-state index contributed by atoms with van der Waals surface area (Å²) >= 11 is 1.58. The van der Waals surface area contributed by atoms with Crippen molar-refractivity contribution in [2.75, 3.05) is 81.0 Å². The molecule has 6 saturated heterocycles. The van der Waals surface area contributed by atoms with Gasteiger partial charge in [-0.2, -0.15) is 0 Å². The molecule has 5 atom stereocenters. The van der Waals surface area contributed by atoms with Crippen molar-refractivity contribution in [3.63, 3.8) is 0 Å². The predicted octanol–water partition coefficient (Wildman–Crippen LogP) is 7.16. The summed E-state index contributed by atoms with van der Waals surface area (Å²) in [5.41, 5.74) is 13.4. The molecule has 2 bridgehead atoms. The van der Waals surface area contributed by atoms with Crippen LogP contribution < -0.4 is 20.9 Å². The first-order valence-electron chi connectivity index (χ1n) is 30.0. The van der Waals surface area contributed by atoms with Crippen molar-refractivity contribution in [1.82, 2.24) is 45.3 Å². The van der Waals surface area contributed by atoms with Crippen molar-refractivity contribution in [2.24, 2.45) is 17.8 Å². The first kappa shape index (κ1) is 56.1. The van der Waals surface area contributed by atoms with Crippen LogP contribution >= 0.6 is 11.3 Å². The molecular formula is C62H80N12O7S. The van der Waals surface area contributed by atoms with Gasteiger partial charge in [0.05, 0.1) is 45.8 Å². The number of aryl methyl sites for hydroxylation is 1. The summed E-state index contributed by atoms with van der Waals surface area (Å²) in [6, 6.07) is 18.7. The lowest BCUT2D eigenvalue weighted by Gasteiger charge is -2.48. The van der Waals surface area contributed by atoms with Gasteiger partial charge in [-0.05, 0) is 125 Å². The molecule has 436 valence electrons. The lowest BCUT2D eigenvalue weighted by atomic mass is 9.84. The van der Waals surface area contributed by atoms with E-state index in [9.17, 15) is 24.6 Å². The molecule has 2 aromatic carbocycles. The van der Waals surface area contributed by atoms with E-state index in [0.29, 0.717) is 71.7 Å². The highest BCUT2D eigenvalue weighted by Crippen LogP contribution is 2.41.